The van der Waals surface area contributed by atoms with Crippen LogP contribution in [0.5, 0.6) is 11.5 Å². The molecule has 2 fully saturated rings. The highest BCUT2D eigenvalue weighted by atomic mass is 19.1. The molecular weight excluding hydrogens is 531 g/mol. The number of carbonyl (C=O) groups excluding carboxylic acids is 1. The van der Waals surface area contributed by atoms with Crippen LogP contribution in [0, 0.1) is 17.2 Å². The molecule has 0 N–H and O–H groups in total. The summed E-state index contributed by atoms with van der Waals surface area (Å²) in [6.45, 7) is 7.70. The Morgan fingerprint density at radius 3 is 2.62 bits per heavy atom. The summed E-state index contributed by atoms with van der Waals surface area (Å²) in [5, 5.41) is 0. The molecule has 3 aromatic rings. The first-order valence-corrected chi connectivity index (χ1v) is 15.2. The van der Waals surface area contributed by atoms with Crippen molar-refractivity contribution < 1.29 is 28.1 Å². The van der Waals surface area contributed by atoms with E-state index in [9.17, 15) is 4.79 Å². The second-order valence-corrected chi connectivity index (χ2v) is 12.4. The van der Waals surface area contributed by atoms with Gasteiger partial charge in [-0.25, -0.2) is 4.39 Å². The zero-order valence-electron chi connectivity index (χ0n) is 25.3. The van der Waals surface area contributed by atoms with Gasteiger partial charge >= 0.3 is 5.97 Å². The maximum Gasteiger partial charge on any atom is 0.306 e. The van der Waals surface area contributed by atoms with Crippen molar-refractivity contribution >= 4 is 5.97 Å². The fourth-order valence-corrected chi connectivity index (χ4v) is 6.14. The third kappa shape index (κ3) is 7.33. The van der Waals surface area contributed by atoms with Crippen LogP contribution in [-0.4, -0.2) is 26.3 Å². The third-order valence-corrected chi connectivity index (χ3v) is 8.59. The van der Waals surface area contributed by atoms with Crippen LogP contribution < -0.4 is 9.47 Å². The van der Waals surface area contributed by atoms with E-state index < -0.39 is 0 Å². The molecule has 224 valence electrons. The summed E-state index contributed by atoms with van der Waals surface area (Å²) in [5.74, 6) is 1.73. The van der Waals surface area contributed by atoms with Gasteiger partial charge in [0.15, 0.2) is 0 Å². The van der Waals surface area contributed by atoms with E-state index in [-0.39, 0.29) is 29.2 Å². The summed E-state index contributed by atoms with van der Waals surface area (Å²) in [4.78, 5) is 12.3. The highest BCUT2D eigenvalue weighted by molar-refractivity contribution is 5.71. The zero-order valence-corrected chi connectivity index (χ0v) is 25.3. The molecule has 0 aromatic heterocycles. The second kappa shape index (κ2) is 13.3. The van der Waals surface area contributed by atoms with E-state index in [1.54, 1.807) is 19.2 Å². The molecule has 0 spiro atoms. The number of hydrogen-bond acceptors (Lipinski definition) is 5. The highest BCUT2D eigenvalue weighted by Gasteiger charge is 2.36. The van der Waals surface area contributed by atoms with Crippen molar-refractivity contribution in [2.45, 2.75) is 77.9 Å². The highest BCUT2D eigenvalue weighted by Crippen LogP contribution is 2.47. The van der Waals surface area contributed by atoms with Crippen LogP contribution in [0.4, 0.5) is 4.39 Å². The molecule has 1 heterocycles. The van der Waals surface area contributed by atoms with Gasteiger partial charge in [-0.3, -0.25) is 4.79 Å². The van der Waals surface area contributed by atoms with Crippen molar-refractivity contribution in [1.82, 2.24) is 0 Å². The molecular formula is C36H43FO5. The Morgan fingerprint density at radius 1 is 1.05 bits per heavy atom. The lowest BCUT2D eigenvalue weighted by Crippen LogP contribution is -2.30. The smallest absolute Gasteiger partial charge is 0.306 e. The van der Waals surface area contributed by atoms with Crippen LogP contribution >= 0.6 is 0 Å². The molecule has 6 heteroatoms. The van der Waals surface area contributed by atoms with E-state index in [4.69, 9.17) is 18.9 Å². The molecule has 1 aliphatic carbocycles. The lowest BCUT2D eigenvalue weighted by Gasteiger charge is -2.39. The first-order chi connectivity index (χ1) is 20.3. The SMILES string of the molecule is CCOC(=O)CC(CC1CC1)c1cccc(OCc2ccc(-c3cc(OC)ccc3F)c(C3OCCCC3(C)C)c2)c1. The van der Waals surface area contributed by atoms with Gasteiger partial charge in [-0.15, -0.1) is 0 Å². The minimum absolute atomic E-state index is 0.106. The first kappa shape index (κ1) is 30.1. The Bertz CT molecular complexity index is 1380. The van der Waals surface area contributed by atoms with Crippen LogP contribution in [0.15, 0.2) is 60.7 Å². The Labute approximate surface area is 249 Å². The second-order valence-electron chi connectivity index (χ2n) is 12.4. The van der Waals surface area contributed by atoms with Gasteiger partial charge in [0.05, 0.1) is 26.2 Å². The fourth-order valence-electron chi connectivity index (χ4n) is 6.14. The van der Waals surface area contributed by atoms with Crippen molar-refractivity contribution in [2.75, 3.05) is 20.3 Å². The minimum Gasteiger partial charge on any atom is -0.497 e. The van der Waals surface area contributed by atoms with Crippen LogP contribution in [-0.2, 0) is 20.9 Å². The molecule has 1 saturated carbocycles. The van der Waals surface area contributed by atoms with E-state index in [0.717, 1.165) is 47.3 Å². The first-order valence-electron chi connectivity index (χ1n) is 15.2. The van der Waals surface area contributed by atoms with Crippen LogP contribution in [0.1, 0.15) is 88.0 Å². The van der Waals surface area contributed by atoms with E-state index in [2.05, 4.69) is 32.0 Å². The van der Waals surface area contributed by atoms with Gasteiger partial charge in [0.2, 0.25) is 0 Å². The maximum atomic E-state index is 15.2. The number of methoxy groups -OCH3 is 1. The molecule has 3 aromatic carbocycles. The predicted molar refractivity (Wildman–Crippen MR) is 162 cm³/mol. The van der Waals surface area contributed by atoms with E-state index in [1.807, 2.05) is 31.2 Å². The molecule has 0 bridgehead atoms. The van der Waals surface area contributed by atoms with Gasteiger partial charge in [0, 0.05) is 12.2 Å². The predicted octanol–water partition coefficient (Wildman–Crippen LogP) is 8.79. The minimum atomic E-state index is -0.296. The Hall–Kier alpha value is -3.38. The monoisotopic (exact) mass is 574 g/mol. The summed E-state index contributed by atoms with van der Waals surface area (Å²) >= 11 is 0. The molecule has 1 saturated heterocycles. The number of esters is 1. The van der Waals surface area contributed by atoms with Crippen molar-refractivity contribution in [3.05, 3.63) is 83.2 Å². The summed E-state index contributed by atoms with van der Waals surface area (Å²) in [5.41, 5.74) is 4.24. The summed E-state index contributed by atoms with van der Waals surface area (Å²) in [7, 11) is 1.59. The topological polar surface area (TPSA) is 54.0 Å². The van der Waals surface area contributed by atoms with Crippen molar-refractivity contribution in [1.29, 1.82) is 0 Å². The van der Waals surface area contributed by atoms with Crippen molar-refractivity contribution in [2.24, 2.45) is 11.3 Å². The third-order valence-electron chi connectivity index (χ3n) is 8.59. The van der Waals surface area contributed by atoms with Gasteiger partial charge < -0.3 is 18.9 Å². The maximum absolute atomic E-state index is 15.2. The van der Waals surface area contributed by atoms with Crippen LogP contribution in [0.2, 0.25) is 0 Å². The lowest BCUT2D eigenvalue weighted by atomic mass is 9.75. The molecule has 5 nitrogen and oxygen atoms in total. The van der Waals surface area contributed by atoms with E-state index in [0.29, 0.717) is 43.5 Å². The number of ether oxygens (including phenoxy) is 4. The summed E-state index contributed by atoms with van der Waals surface area (Å²) in [6, 6.07) is 19.0. The molecule has 2 unspecified atom stereocenters. The van der Waals surface area contributed by atoms with Gasteiger partial charge in [0.1, 0.15) is 23.9 Å². The number of hydrogen-bond donors (Lipinski definition) is 0. The summed E-state index contributed by atoms with van der Waals surface area (Å²) < 4.78 is 38.5. The van der Waals surface area contributed by atoms with Crippen LogP contribution in [0.3, 0.4) is 0 Å². The fraction of sp³-hybridized carbons (Fsp3) is 0.472. The summed E-state index contributed by atoms with van der Waals surface area (Å²) in [6.07, 6.45) is 5.69. The molecule has 42 heavy (non-hydrogen) atoms. The molecule has 1 aliphatic heterocycles. The molecule has 5 rings (SSSR count). The molecule has 0 amide bonds. The Morgan fingerprint density at radius 2 is 1.88 bits per heavy atom. The quantitative estimate of drug-likeness (QED) is 0.202. The Kier molecular flexibility index (Phi) is 9.52. The standard InChI is InChI=1S/C36H43FO5/c1-5-40-34(38)21-27(18-24-10-11-24)26-8-6-9-29(20-26)42-23-25-12-14-30(31-22-28(39-4)13-15-33(31)37)32(19-25)35-36(2,3)16-7-17-41-35/h6,8-9,12-15,19-20,22,24,27,35H,5,7,10-11,16-18,21,23H2,1-4H3. The van der Waals surface area contributed by atoms with Gasteiger partial charge in [-0.2, -0.15) is 0 Å². The average Bonchev–Trinajstić information content (AvgIpc) is 3.80. The zero-order chi connectivity index (χ0) is 29.7. The van der Waals surface area contributed by atoms with E-state index in [1.165, 1.54) is 18.9 Å². The molecule has 0 radical (unpaired) electrons. The normalized spacial score (nSPS) is 18.7. The van der Waals surface area contributed by atoms with Gasteiger partial charge in [0.25, 0.3) is 0 Å². The van der Waals surface area contributed by atoms with Gasteiger partial charge in [-0.1, -0.05) is 51.0 Å². The number of carbonyl (C=O) groups is 1. The van der Waals surface area contributed by atoms with Crippen LogP contribution in [0.25, 0.3) is 11.1 Å². The number of halogens is 1. The Balaban J connectivity index is 1.40. The number of rotatable bonds is 12. The molecule has 2 aliphatic rings. The lowest BCUT2D eigenvalue weighted by molar-refractivity contribution is -0.143. The van der Waals surface area contributed by atoms with E-state index >= 15 is 4.39 Å². The average molecular weight is 575 g/mol. The van der Waals surface area contributed by atoms with Gasteiger partial charge in [-0.05, 0) is 102 Å². The number of benzene rings is 3. The van der Waals surface area contributed by atoms with Crippen molar-refractivity contribution in [3.63, 3.8) is 0 Å². The molecule has 2 atom stereocenters. The largest absolute Gasteiger partial charge is 0.497 e. The van der Waals surface area contributed by atoms with Crippen molar-refractivity contribution in [3.8, 4) is 22.6 Å².